The van der Waals surface area contributed by atoms with Crippen LogP contribution < -0.4 is 10.4 Å². The van der Waals surface area contributed by atoms with Crippen molar-refractivity contribution < 1.29 is 42.5 Å². The number of ether oxygens (including phenoxy) is 1. The minimum atomic E-state index is -4.63. The quantitative estimate of drug-likeness (QED) is 0.617. The second-order valence-electron chi connectivity index (χ2n) is 9.14. The third-order valence-electron chi connectivity index (χ3n) is 5.27. The first-order chi connectivity index (χ1) is 16.7. The van der Waals surface area contributed by atoms with E-state index in [1.807, 2.05) is 0 Å². The van der Waals surface area contributed by atoms with E-state index < -0.39 is 47.6 Å². The molecule has 0 spiro atoms. The molecule has 1 aliphatic heterocycles. The van der Waals surface area contributed by atoms with Gasteiger partial charge >= 0.3 is 12.3 Å². The molecular formula is C23H24F3N4O6-. The Morgan fingerprint density at radius 1 is 1.19 bits per heavy atom. The molecule has 1 saturated heterocycles. The molecule has 13 heteroatoms. The van der Waals surface area contributed by atoms with Gasteiger partial charge in [-0.15, -0.1) is 0 Å². The monoisotopic (exact) mass is 509 g/mol. The molecule has 2 amide bonds. The topological polar surface area (TPSA) is 145 Å². The summed E-state index contributed by atoms with van der Waals surface area (Å²) < 4.78 is 43.6. The van der Waals surface area contributed by atoms with Gasteiger partial charge in [-0.3, -0.25) is 19.7 Å². The van der Waals surface area contributed by atoms with Crippen LogP contribution in [0.3, 0.4) is 0 Å². The van der Waals surface area contributed by atoms with Gasteiger partial charge in [-0.2, -0.15) is 13.2 Å². The summed E-state index contributed by atoms with van der Waals surface area (Å²) in [6, 6.07) is 1.91. The number of alkyl halides is 3. The smallest absolute Gasteiger partial charge is 0.433 e. The first-order valence-corrected chi connectivity index (χ1v) is 10.9. The van der Waals surface area contributed by atoms with Crippen molar-refractivity contribution in [2.75, 3.05) is 6.54 Å². The number of carboxylic acid groups (broad SMARTS) is 1. The van der Waals surface area contributed by atoms with E-state index in [-0.39, 0.29) is 41.9 Å². The maximum absolute atomic E-state index is 12.9. The van der Waals surface area contributed by atoms with Crippen LogP contribution >= 0.6 is 0 Å². The lowest BCUT2D eigenvalue weighted by Crippen LogP contribution is -2.51. The molecule has 0 unspecified atom stereocenters. The standard InChI is InChI=1S/C23H25F3N4O6/c1-22(2,3)36-21(35)30-7-6-16(31)18(30)19(32)29-10-13-8-15(27-11-14(13)20(33)34)12-4-5-17(28-9-12)23(24,25)26/h4-5,8-9,11,16,18,31H,6-7,10H2,1-3H3,(H,29,32)(H,33,34)/p-1/t16-,18+/m1/s1. The van der Waals surface area contributed by atoms with E-state index in [4.69, 9.17) is 4.74 Å². The van der Waals surface area contributed by atoms with Crippen molar-refractivity contribution in [2.24, 2.45) is 0 Å². The van der Waals surface area contributed by atoms with Gasteiger partial charge in [-0.05, 0) is 51.0 Å². The number of hydrogen-bond acceptors (Lipinski definition) is 8. The second-order valence-corrected chi connectivity index (χ2v) is 9.14. The van der Waals surface area contributed by atoms with E-state index in [2.05, 4.69) is 15.3 Å². The predicted molar refractivity (Wildman–Crippen MR) is 116 cm³/mol. The van der Waals surface area contributed by atoms with Crippen LogP contribution in [0.1, 0.15) is 48.8 Å². The maximum atomic E-state index is 12.9. The summed E-state index contributed by atoms with van der Waals surface area (Å²) >= 11 is 0. The average molecular weight is 509 g/mol. The molecule has 194 valence electrons. The van der Waals surface area contributed by atoms with Crippen LogP contribution in [0, 0.1) is 0 Å². The Morgan fingerprint density at radius 3 is 2.44 bits per heavy atom. The number of rotatable bonds is 5. The molecule has 10 nitrogen and oxygen atoms in total. The number of likely N-dealkylation sites (tertiary alicyclic amines) is 1. The number of amides is 2. The van der Waals surface area contributed by atoms with Gasteiger partial charge in [0.15, 0.2) is 0 Å². The lowest BCUT2D eigenvalue weighted by molar-refractivity contribution is -0.255. The van der Waals surface area contributed by atoms with Crippen LogP contribution in [0.2, 0.25) is 0 Å². The zero-order valence-electron chi connectivity index (χ0n) is 19.6. The van der Waals surface area contributed by atoms with Gasteiger partial charge in [-0.25, -0.2) is 4.79 Å². The van der Waals surface area contributed by atoms with E-state index in [9.17, 15) is 37.8 Å². The van der Waals surface area contributed by atoms with Crippen LogP contribution in [-0.4, -0.2) is 62.2 Å². The van der Waals surface area contributed by atoms with Crippen molar-refractivity contribution in [3.05, 3.63) is 47.4 Å². The van der Waals surface area contributed by atoms with E-state index in [0.717, 1.165) is 29.4 Å². The fraction of sp³-hybridized carbons (Fsp3) is 0.435. The Hall–Kier alpha value is -3.74. The number of carbonyl (C=O) groups excluding carboxylic acids is 3. The Bertz CT molecular complexity index is 1150. The molecule has 2 N–H and O–H groups in total. The Labute approximate surface area is 204 Å². The number of aliphatic hydroxyl groups is 1. The van der Waals surface area contributed by atoms with Gasteiger partial charge in [-0.1, -0.05) is 0 Å². The third kappa shape index (κ3) is 6.27. The summed E-state index contributed by atoms with van der Waals surface area (Å²) in [6.45, 7) is 4.69. The van der Waals surface area contributed by atoms with Gasteiger partial charge in [0.25, 0.3) is 0 Å². The van der Waals surface area contributed by atoms with Gasteiger partial charge in [0.05, 0.1) is 17.8 Å². The van der Waals surface area contributed by atoms with Crippen LogP contribution in [0.15, 0.2) is 30.6 Å². The first kappa shape index (κ1) is 26.9. The minimum Gasteiger partial charge on any atom is -0.545 e. The number of aromatic nitrogens is 2. The van der Waals surface area contributed by atoms with Crippen LogP contribution in [-0.2, 0) is 22.3 Å². The lowest BCUT2D eigenvalue weighted by Gasteiger charge is -2.28. The van der Waals surface area contributed by atoms with Crippen molar-refractivity contribution in [3.63, 3.8) is 0 Å². The number of pyridine rings is 2. The van der Waals surface area contributed by atoms with Crippen molar-refractivity contribution in [1.82, 2.24) is 20.2 Å². The Morgan fingerprint density at radius 2 is 1.89 bits per heavy atom. The molecule has 0 radical (unpaired) electrons. The Kier molecular flexibility index (Phi) is 7.53. The van der Waals surface area contributed by atoms with E-state index in [0.29, 0.717) is 0 Å². The molecule has 0 aromatic carbocycles. The van der Waals surface area contributed by atoms with Crippen LogP contribution in [0.4, 0.5) is 18.0 Å². The van der Waals surface area contributed by atoms with Crippen LogP contribution in [0.25, 0.3) is 11.3 Å². The van der Waals surface area contributed by atoms with Crippen LogP contribution in [0.5, 0.6) is 0 Å². The van der Waals surface area contributed by atoms with Gasteiger partial charge < -0.3 is 25.1 Å². The summed E-state index contributed by atoms with van der Waals surface area (Å²) in [5.74, 6) is -2.33. The SMILES string of the molecule is CC(C)(C)OC(=O)N1CC[C@@H](O)[C@H]1C(=O)NCc1cc(-c2ccc(C(F)(F)F)nc2)ncc1C(=O)[O-]. The molecular weight excluding hydrogens is 485 g/mol. The fourth-order valence-corrected chi connectivity index (χ4v) is 3.60. The number of nitrogens with zero attached hydrogens (tertiary/aromatic N) is 3. The van der Waals surface area contributed by atoms with Gasteiger partial charge in [0.1, 0.15) is 17.3 Å². The highest BCUT2D eigenvalue weighted by Gasteiger charge is 2.42. The molecule has 2 atom stereocenters. The summed E-state index contributed by atoms with van der Waals surface area (Å²) in [4.78, 5) is 45.3. The number of aliphatic hydroxyl groups excluding tert-OH is 1. The largest absolute Gasteiger partial charge is 0.545 e. The van der Waals surface area contributed by atoms with Crippen molar-refractivity contribution in [1.29, 1.82) is 0 Å². The molecule has 3 rings (SSSR count). The number of carboxylic acids is 1. The zero-order valence-corrected chi connectivity index (χ0v) is 19.6. The molecule has 0 bridgehead atoms. The zero-order chi connectivity index (χ0) is 26.8. The summed E-state index contributed by atoms with van der Waals surface area (Å²) in [5.41, 5.74) is -1.94. The van der Waals surface area contributed by atoms with Crippen molar-refractivity contribution in [3.8, 4) is 11.3 Å². The molecule has 3 heterocycles. The minimum absolute atomic E-state index is 0.0459. The third-order valence-corrected chi connectivity index (χ3v) is 5.27. The molecule has 36 heavy (non-hydrogen) atoms. The average Bonchev–Trinajstić information content (AvgIpc) is 3.17. The van der Waals surface area contributed by atoms with E-state index in [1.165, 1.54) is 6.07 Å². The molecule has 1 aliphatic rings. The summed E-state index contributed by atoms with van der Waals surface area (Å²) in [7, 11) is 0. The summed E-state index contributed by atoms with van der Waals surface area (Å²) in [5, 5.41) is 24.3. The molecule has 2 aromatic heterocycles. The molecule has 0 aliphatic carbocycles. The molecule has 0 saturated carbocycles. The number of aromatic carboxylic acids is 1. The highest BCUT2D eigenvalue weighted by molar-refractivity contribution is 5.89. The second kappa shape index (κ2) is 10.1. The number of carbonyl (C=O) groups is 3. The normalized spacial score (nSPS) is 18.1. The van der Waals surface area contributed by atoms with Crippen molar-refractivity contribution in [2.45, 2.75) is 57.7 Å². The number of hydrogen-bond donors (Lipinski definition) is 2. The molecule has 2 aromatic rings. The maximum Gasteiger partial charge on any atom is 0.433 e. The number of halogens is 3. The highest BCUT2D eigenvalue weighted by atomic mass is 19.4. The first-order valence-electron chi connectivity index (χ1n) is 10.9. The van der Waals surface area contributed by atoms with E-state index >= 15 is 0 Å². The fourth-order valence-electron chi connectivity index (χ4n) is 3.60. The lowest BCUT2D eigenvalue weighted by atomic mass is 10.1. The van der Waals surface area contributed by atoms with Crippen molar-refractivity contribution >= 4 is 18.0 Å². The molecule has 1 fully saturated rings. The highest BCUT2D eigenvalue weighted by Crippen LogP contribution is 2.29. The number of nitrogens with one attached hydrogen (secondary N) is 1. The predicted octanol–water partition coefficient (Wildman–Crippen LogP) is 1.51. The summed E-state index contributed by atoms with van der Waals surface area (Å²) in [6.07, 6.45) is -4.53. The van der Waals surface area contributed by atoms with E-state index in [1.54, 1.807) is 20.8 Å². The van der Waals surface area contributed by atoms with Gasteiger partial charge in [0.2, 0.25) is 5.91 Å². The van der Waals surface area contributed by atoms with Gasteiger partial charge in [0, 0.05) is 36.6 Å². The Balaban J connectivity index is 1.80.